The van der Waals surface area contributed by atoms with Gasteiger partial charge in [0, 0.05) is 44.8 Å². The molecule has 0 amide bonds. The summed E-state index contributed by atoms with van der Waals surface area (Å²) < 4.78 is 14.0. The van der Waals surface area contributed by atoms with Crippen LogP contribution in [0.15, 0.2) is 22.7 Å². The van der Waals surface area contributed by atoms with E-state index >= 15 is 0 Å². The Bertz CT molecular complexity index is 457. The van der Waals surface area contributed by atoms with E-state index in [-0.39, 0.29) is 23.8 Å². The normalized spacial score (nSPS) is 17.6. The first-order valence-electron chi connectivity index (χ1n) is 7.01. The van der Waals surface area contributed by atoms with Crippen LogP contribution < -0.4 is 5.73 Å². The lowest BCUT2D eigenvalue weighted by atomic mass is 10.1. The van der Waals surface area contributed by atoms with Crippen molar-refractivity contribution >= 4 is 28.3 Å². The third-order valence-electron chi connectivity index (χ3n) is 3.49. The second kappa shape index (κ2) is 7.88. The summed E-state index contributed by atoms with van der Waals surface area (Å²) in [5.74, 6) is -0.189. The molecule has 0 saturated carbocycles. The minimum atomic E-state index is -0.189. The lowest BCUT2D eigenvalue weighted by molar-refractivity contribution is 0.112. The van der Waals surface area contributed by atoms with Crippen molar-refractivity contribution in [2.45, 2.75) is 25.9 Å². The number of rotatable bonds is 4. The van der Waals surface area contributed by atoms with Gasteiger partial charge in [-0.25, -0.2) is 4.39 Å². The highest BCUT2D eigenvalue weighted by molar-refractivity contribution is 9.10. The Morgan fingerprint density at radius 2 is 1.76 bits per heavy atom. The molecule has 1 aromatic carbocycles. The third-order valence-corrected chi connectivity index (χ3v) is 4.13. The summed E-state index contributed by atoms with van der Waals surface area (Å²) in [6.45, 7) is 9.92. The first-order valence-corrected chi connectivity index (χ1v) is 7.80. The van der Waals surface area contributed by atoms with Crippen LogP contribution in [0.1, 0.15) is 19.4 Å². The number of halogens is 3. The Balaban J connectivity index is 0.00000220. The van der Waals surface area contributed by atoms with Gasteiger partial charge in [-0.1, -0.05) is 6.07 Å². The lowest BCUT2D eigenvalue weighted by Gasteiger charge is -2.37. The molecular formula is C15H24BrClFN3. The maximum absolute atomic E-state index is 13.5. The molecule has 1 fully saturated rings. The van der Waals surface area contributed by atoms with E-state index in [0.29, 0.717) is 4.47 Å². The predicted octanol–water partition coefficient (Wildman–Crippen LogP) is 2.86. The quantitative estimate of drug-likeness (QED) is 0.872. The zero-order valence-electron chi connectivity index (χ0n) is 12.6. The van der Waals surface area contributed by atoms with Crippen molar-refractivity contribution in [2.75, 3.05) is 32.7 Å². The number of nitrogens with two attached hydrogens (primary N) is 1. The summed E-state index contributed by atoms with van der Waals surface area (Å²) in [7, 11) is 0. The Morgan fingerprint density at radius 3 is 2.29 bits per heavy atom. The molecule has 1 aliphatic heterocycles. The number of hydrogen-bond donors (Lipinski definition) is 1. The molecule has 2 N–H and O–H groups in total. The Morgan fingerprint density at radius 1 is 1.19 bits per heavy atom. The van der Waals surface area contributed by atoms with Crippen LogP contribution in [-0.4, -0.2) is 48.1 Å². The van der Waals surface area contributed by atoms with Crippen LogP contribution in [0.2, 0.25) is 0 Å². The predicted molar refractivity (Wildman–Crippen MR) is 91.3 cm³/mol. The van der Waals surface area contributed by atoms with Gasteiger partial charge in [0.25, 0.3) is 0 Å². The van der Waals surface area contributed by atoms with Crippen LogP contribution in [0.5, 0.6) is 0 Å². The third kappa shape index (κ3) is 6.20. The van der Waals surface area contributed by atoms with Gasteiger partial charge in [0.2, 0.25) is 0 Å². The summed E-state index contributed by atoms with van der Waals surface area (Å²) in [6.07, 6.45) is 0. The van der Waals surface area contributed by atoms with Gasteiger partial charge in [0.05, 0.1) is 4.47 Å². The molecule has 2 rings (SSSR count). The molecule has 0 atom stereocenters. The molecule has 1 aliphatic rings. The number of nitrogens with zero attached hydrogens (tertiary/aromatic N) is 2. The number of hydrogen-bond acceptors (Lipinski definition) is 3. The van der Waals surface area contributed by atoms with Gasteiger partial charge in [-0.15, -0.1) is 12.4 Å². The van der Waals surface area contributed by atoms with Crippen LogP contribution in [0.25, 0.3) is 0 Å². The Labute approximate surface area is 141 Å². The molecule has 6 heteroatoms. The summed E-state index contributed by atoms with van der Waals surface area (Å²) in [5.41, 5.74) is 6.94. The second-order valence-corrected chi connectivity index (χ2v) is 7.14. The number of benzene rings is 1. The first kappa shape index (κ1) is 18.8. The molecule has 0 radical (unpaired) electrons. The van der Waals surface area contributed by atoms with Crippen molar-refractivity contribution < 1.29 is 4.39 Å². The highest BCUT2D eigenvalue weighted by atomic mass is 79.9. The summed E-state index contributed by atoms with van der Waals surface area (Å²) >= 11 is 3.18. The fourth-order valence-corrected chi connectivity index (χ4v) is 2.82. The minimum absolute atomic E-state index is 0. The van der Waals surface area contributed by atoms with E-state index in [9.17, 15) is 4.39 Å². The number of piperazine rings is 1. The van der Waals surface area contributed by atoms with E-state index in [0.717, 1.165) is 44.8 Å². The largest absolute Gasteiger partial charge is 0.324 e. The molecule has 0 unspecified atom stereocenters. The average molecular weight is 381 g/mol. The van der Waals surface area contributed by atoms with Gasteiger partial charge in [-0.2, -0.15) is 0 Å². The topological polar surface area (TPSA) is 32.5 Å². The van der Waals surface area contributed by atoms with Gasteiger partial charge in [-0.05, 0) is 47.5 Å². The van der Waals surface area contributed by atoms with Gasteiger partial charge < -0.3 is 5.73 Å². The average Bonchev–Trinajstić information content (AvgIpc) is 2.35. The summed E-state index contributed by atoms with van der Waals surface area (Å²) in [5, 5.41) is 0. The van der Waals surface area contributed by atoms with Crippen molar-refractivity contribution in [3.63, 3.8) is 0 Å². The van der Waals surface area contributed by atoms with Gasteiger partial charge in [-0.3, -0.25) is 9.80 Å². The van der Waals surface area contributed by atoms with Crippen LogP contribution in [0.3, 0.4) is 0 Å². The van der Waals surface area contributed by atoms with E-state index in [1.165, 1.54) is 0 Å². The van der Waals surface area contributed by atoms with Gasteiger partial charge in [0.15, 0.2) is 0 Å². The molecule has 1 saturated heterocycles. The van der Waals surface area contributed by atoms with Crippen LogP contribution in [-0.2, 0) is 6.54 Å². The molecule has 1 aromatic rings. The minimum Gasteiger partial charge on any atom is -0.324 e. The van der Waals surface area contributed by atoms with E-state index < -0.39 is 0 Å². The zero-order chi connectivity index (χ0) is 14.8. The van der Waals surface area contributed by atoms with Gasteiger partial charge in [0.1, 0.15) is 5.82 Å². The Kier molecular flexibility index (Phi) is 7.07. The maximum atomic E-state index is 13.5. The molecule has 0 aliphatic carbocycles. The molecule has 21 heavy (non-hydrogen) atoms. The smallest absolute Gasteiger partial charge is 0.137 e. The van der Waals surface area contributed by atoms with Crippen molar-refractivity contribution in [3.05, 3.63) is 34.1 Å². The van der Waals surface area contributed by atoms with Crippen molar-refractivity contribution in [1.29, 1.82) is 0 Å². The van der Waals surface area contributed by atoms with Crippen molar-refractivity contribution in [3.8, 4) is 0 Å². The summed E-state index contributed by atoms with van der Waals surface area (Å²) in [6, 6.07) is 5.36. The lowest BCUT2D eigenvalue weighted by Crippen LogP contribution is -2.52. The molecule has 3 nitrogen and oxygen atoms in total. The van der Waals surface area contributed by atoms with E-state index in [2.05, 4.69) is 39.6 Å². The molecule has 0 aromatic heterocycles. The Hall–Kier alpha value is -0.200. The van der Waals surface area contributed by atoms with Gasteiger partial charge >= 0.3 is 0 Å². The molecule has 120 valence electrons. The summed E-state index contributed by atoms with van der Waals surface area (Å²) in [4.78, 5) is 4.77. The molecule has 1 heterocycles. The van der Waals surface area contributed by atoms with Crippen LogP contribution >= 0.6 is 28.3 Å². The monoisotopic (exact) mass is 379 g/mol. The maximum Gasteiger partial charge on any atom is 0.137 e. The fraction of sp³-hybridized carbons (Fsp3) is 0.600. The second-order valence-electron chi connectivity index (χ2n) is 6.29. The highest BCUT2D eigenvalue weighted by Crippen LogP contribution is 2.18. The van der Waals surface area contributed by atoms with E-state index in [1.807, 2.05) is 6.07 Å². The molecular weight excluding hydrogens is 357 g/mol. The SMILES string of the molecule is CC(C)(N)CN1CCN(Cc2ccc(Br)c(F)c2)CC1.Cl. The zero-order valence-corrected chi connectivity index (χ0v) is 15.0. The standard InChI is InChI=1S/C15H23BrFN3.ClH/c1-15(2,18)11-20-7-5-19(6-8-20)10-12-3-4-13(16)14(17)9-12;/h3-4,9H,5-8,10-11,18H2,1-2H3;1H. The molecule has 0 spiro atoms. The fourth-order valence-electron chi connectivity index (χ4n) is 2.58. The first-order chi connectivity index (χ1) is 9.33. The van der Waals surface area contributed by atoms with Crippen molar-refractivity contribution in [2.24, 2.45) is 5.73 Å². The van der Waals surface area contributed by atoms with E-state index in [4.69, 9.17) is 5.73 Å². The van der Waals surface area contributed by atoms with Crippen LogP contribution in [0, 0.1) is 5.82 Å². The van der Waals surface area contributed by atoms with E-state index in [1.54, 1.807) is 12.1 Å². The van der Waals surface area contributed by atoms with Crippen LogP contribution in [0.4, 0.5) is 4.39 Å². The van der Waals surface area contributed by atoms with Crippen molar-refractivity contribution in [1.82, 2.24) is 9.80 Å². The highest BCUT2D eigenvalue weighted by Gasteiger charge is 2.21. The molecule has 0 bridgehead atoms.